The van der Waals surface area contributed by atoms with E-state index in [1.165, 1.54) is 30.5 Å². The summed E-state index contributed by atoms with van der Waals surface area (Å²) in [6, 6.07) is 17.4. The largest absolute Gasteiger partial charge is 0.303 e. The Hall–Kier alpha value is -2.00. The van der Waals surface area contributed by atoms with Gasteiger partial charge in [0.2, 0.25) is 0 Å². The standard InChI is InChI=1S/C22H25FNO/c23-21-11-9-20(10-12-21)22(25)8-4-5-15-24-16-13-19(14-17-24)18-6-2-1-3-7-18/h1-2,6-7,9-12,19H,4-5,8,13-17H2. The second kappa shape index (κ2) is 8.91. The molecule has 1 aliphatic heterocycles. The third-order valence-electron chi connectivity index (χ3n) is 5.08. The van der Waals surface area contributed by atoms with Gasteiger partial charge in [0.05, 0.1) is 0 Å². The number of likely N-dealkylation sites (tertiary alicyclic amines) is 1. The van der Waals surface area contributed by atoms with Gasteiger partial charge in [-0.2, -0.15) is 0 Å². The van der Waals surface area contributed by atoms with Crippen LogP contribution >= 0.6 is 0 Å². The molecule has 2 aromatic carbocycles. The van der Waals surface area contributed by atoms with Crippen LogP contribution in [0.25, 0.3) is 0 Å². The molecule has 3 heteroatoms. The van der Waals surface area contributed by atoms with E-state index >= 15 is 0 Å². The molecule has 3 rings (SSSR count). The molecule has 0 aliphatic carbocycles. The van der Waals surface area contributed by atoms with Crippen molar-refractivity contribution in [1.29, 1.82) is 0 Å². The van der Waals surface area contributed by atoms with E-state index in [1.54, 1.807) is 12.1 Å². The molecule has 25 heavy (non-hydrogen) atoms. The molecule has 1 aliphatic rings. The molecule has 0 amide bonds. The van der Waals surface area contributed by atoms with Crippen LogP contribution in [0.2, 0.25) is 0 Å². The maximum atomic E-state index is 12.9. The summed E-state index contributed by atoms with van der Waals surface area (Å²) in [7, 11) is 0. The Morgan fingerprint density at radius 1 is 1.12 bits per heavy atom. The van der Waals surface area contributed by atoms with Crippen molar-refractivity contribution < 1.29 is 9.18 Å². The molecular formula is C22H25FNO. The zero-order valence-electron chi connectivity index (χ0n) is 14.6. The number of carbonyl (C=O) groups excluding carboxylic acids is 1. The predicted molar refractivity (Wildman–Crippen MR) is 98.3 cm³/mol. The van der Waals surface area contributed by atoms with Crippen LogP contribution in [0.1, 0.15) is 53.9 Å². The Bertz CT molecular complexity index is 660. The van der Waals surface area contributed by atoms with E-state index < -0.39 is 0 Å². The number of ketones is 1. The van der Waals surface area contributed by atoms with Gasteiger partial charge < -0.3 is 4.90 Å². The number of carbonyl (C=O) groups is 1. The monoisotopic (exact) mass is 338 g/mol. The number of benzene rings is 2. The van der Waals surface area contributed by atoms with Crippen LogP contribution in [0.15, 0.2) is 48.5 Å². The summed E-state index contributed by atoms with van der Waals surface area (Å²) in [5.74, 6) is 0.473. The van der Waals surface area contributed by atoms with Gasteiger partial charge >= 0.3 is 0 Å². The smallest absolute Gasteiger partial charge is 0.162 e. The fraction of sp³-hybridized carbons (Fsp3) is 0.409. The number of hydrogen-bond acceptors (Lipinski definition) is 2. The third-order valence-corrected chi connectivity index (χ3v) is 5.08. The topological polar surface area (TPSA) is 20.3 Å². The van der Waals surface area contributed by atoms with Crippen molar-refractivity contribution in [3.63, 3.8) is 0 Å². The molecule has 0 spiro atoms. The summed E-state index contributed by atoms with van der Waals surface area (Å²) in [5.41, 5.74) is 2.02. The quantitative estimate of drug-likeness (QED) is 0.531. The Labute approximate surface area is 149 Å². The summed E-state index contributed by atoms with van der Waals surface area (Å²) < 4.78 is 12.9. The van der Waals surface area contributed by atoms with E-state index in [9.17, 15) is 9.18 Å². The summed E-state index contributed by atoms with van der Waals surface area (Å²) in [5, 5.41) is 0. The summed E-state index contributed by atoms with van der Waals surface area (Å²) in [6.07, 6.45) is 4.88. The summed E-state index contributed by atoms with van der Waals surface area (Å²) in [4.78, 5) is 14.6. The van der Waals surface area contributed by atoms with Gasteiger partial charge in [-0.3, -0.25) is 4.79 Å². The number of rotatable bonds is 7. The fourth-order valence-corrected chi connectivity index (χ4v) is 3.55. The molecule has 0 N–H and O–H groups in total. The lowest BCUT2D eigenvalue weighted by molar-refractivity contribution is 0.0977. The molecule has 0 unspecified atom stereocenters. The number of piperidine rings is 1. The first kappa shape index (κ1) is 17.8. The highest BCUT2D eigenvalue weighted by atomic mass is 19.1. The van der Waals surface area contributed by atoms with E-state index in [1.807, 2.05) is 6.07 Å². The van der Waals surface area contributed by atoms with E-state index in [0.717, 1.165) is 32.5 Å². The first-order chi connectivity index (χ1) is 12.2. The van der Waals surface area contributed by atoms with Crippen molar-refractivity contribution in [1.82, 2.24) is 4.90 Å². The second-order valence-electron chi connectivity index (χ2n) is 6.84. The highest BCUT2D eigenvalue weighted by Gasteiger charge is 2.20. The normalized spacial score (nSPS) is 16.0. The molecule has 2 aromatic rings. The Morgan fingerprint density at radius 3 is 2.56 bits per heavy atom. The van der Waals surface area contributed by atoms with E-state index in [-0.39, 0.29) is 11.6 Å². The van der Waals surface area contributed by atoms with Gasteiger partial charge in [0.15, 0.2) is 5.78 Å². The molecule has 0 saturated carbocycles. The van der Waals surface area contributed by atoms with E-state index in [0.29, 0.717) is 17.9 Å². The zero-order chi connectivity index (χ0) is 17.5. The first-order valence-corrected chi connectivity index (χ1v) is 9.19. The molecule has 0 bridgehead atoms. The van der Waals surface area contributed by atoms with Crippen molar-refractivity contribution in [3.05, 3.63) is 71.5 Å². The Balaban J connectivity index is 1.34. The van der Waals surface area contributed by atoms with Crippen molar-refractivity contribution in [2.24, 2.45) is 0 Å². The molecule has 0 atom stereocenters. The molecule has 2 nitrogen and oxygen atoms in total. The average molecular weight is 338 g/mol. The Morgan fingerprint density at radius 2 is 1.88 bits per heavy atom. The molecule has 1 saturated heterocycles. The van der Waals surface area contributed by atoms with Gasteiger partial charge in [0.1, 0.15) is 5.82 Å². The first-order valence-electron chi connectivity index (χ1n) is 9.19. The molecule has 1 radical (unpaired) electrons. The van der Waals surface area contributed by atoms with Gasteiger partial charge in [-0.15, -0.1) is 0 Å². The lowest BCUT2D eigenvalue weighted by atomic mass is 9.89. The van der Waals surface area contributed by atoms with Crippen LogP contribution in [0.5, 0.6) is 0 Å². The fourth-order valence-electron chi connectivity index (χ4n) is 3.55. The van der Waals surface area contributed by atoms with Crippen molar-refractivity contribution in [2.75, 3.05) is 19.6 Å². The minimum atomic E-state index is -0.298. The van der Waals surface area contributed by atoms with Crippen LogP contribution in [-0.4, -0.2) is 30.3 Å². The lowest BCUT2D eigenvalue weighted by Crippen LogP contribution is -2.33. The molecule has 1 fully saturated rings. The SMILES string of the molecule is O=C(CCCCN1CCC(c2c[c]ccc2)CC1)c1ccc(F)cc1. The minimum Gasteiger partial charge on any atom is -0.303 e. The van der Waals surface area contributed by atoms with Gasteiger partial charge in [-0.1, -0.05) is 24.3 Å². The van der Waals surface area contributed by atoms with Gasteiger partial charge in [-0.05, 0) is 87.1 Å². The number of Topliss-reactive ketones (excluding diaryl/α,β-unsaturated/α-hetero) is 1. The second-order valence-corrected chi connectivity index (χ2v) is 6.84. The van der Waals surface area contributed by atoms with Gasteiger partial charge in [0, 0.05) is 12.0 Å². The highest BCUT2D eigenvalue weighted by Crippen LogP contribution is 2.27. The van der Waals surface area contributed by atoms with Crippen LogP contribution < -0.4 is 0 Å². The van der Waals surface area contributed by atoms with Crippen molar-refractivity contribution in [3.8, 4) is 0 Å². The Kier molecular flexibility index (Phi) is 6.35. The molecule has 0 aromatic heterocycles. The number of hydrogen-bond donors (Lipinski definition) is 0. The maximum absolute atomic E-state index is 12.9. The van der Waals surface area contributed by atoms with Crippen molar-refractivity contribution >= 4 is 5.78 Å². The molecule has 131 valence electrons. The molecular weight excluding hydrogens is 313 g/mol. The van der Waals surface area contributed by atoms with Crippen molar-refractivity contribution in [2.45, 2.75) is 38.0 Å². The highest BCUT2D eigenvalue weighted by molar-refractivity contribution is 5.95. The van der Waals surface area contributed by atoms with Crippen LogP contribution in [-0.2, 0) is 0 Å². The predicted octanol–water partition coefficient (Wildman–Crippen LogP) is 4.86. The van der Waals surface area contributed by atoms with E-state index in [4.69, 9.17) is 0 Å². The van der Waals surface area contributed by atoms with Crippen LogP contribution in [0, 0.1) is 11.9 Å². The number of unbranched alkanes of at least 4 members (excludes halogenated alkanes) is 1. The van der Waals surface area contributed by atoms with Crippen LogP contribution in [0.4, 0.5) is 4.39 Å². The number of nitrogens with zero attached hydrogens (tertiary/aromatic N) is 1. The zero-order valence-corrected chi connectivity index (χ0v) is 14.6. The minimum absolute atomic E-state index is 0.110. The summed E-state index contributed by atoms with van der Waals surface area (Å²) in [6.45, 7) is 3.32. The average Bonchev–Trinajstić information content (AvgIpc) is 2.67. The lowest BCUT2D eigenvalue weighted by Gasteiger charge is -2.32. The molecule has 1 heterocycles. The maximum Gasteiger partial charge on any atom is 0.162 e. The van der Waals surface area contributed by atoms with Gasteiger partial charge in [-0.25, -0.2) is 4.39 Å². The van der Waals surface area contributed by atoms with Crippen LogP contribution in [0.3, 0.4) is 0 Å². The van der Waals surface area contributed by atoms with Gasteiger partial charge in [0.25, 0.3) is 0 Å². The third kappa shape index (κ3) is 5.23. The summed E-state index contributed by atoms with van der Waals surface area (Å²) >= 11 is 0. The number of halogens is 1. The van der Waals surface area contributed by atoms with E-state index in [2.05, 4.69) is 29.2 Å².